The molecule has 1 amide bonds. The van der Waals surface area contributed by atoms with Gasteiger partial charge < -0.3 is 4.90 Å². The molecule has 1 aromatic rings. The summed E-state index contributed by atoms with van der Waals surface area (Å²) in [5.74, 6) is -0.211. The average Bonchev–Trinajstić information content (AvgIpc) is 2.41. The first-order valence-corrected chi connectivity index (χ1v) is 6.73. The monoisotopic (exact) mass is 266 g/mol. The lowest BCUT2D eigenvalue weighted by Gasteiger charge is -2.30. The predicted molar refractivity (Wildman–Crippen MR) is 71.1 cm³/mol. The maximum absolute atomic E-state index is 12.7. The molecule has 0 radical (unpaired) electrons. The van der Waals surface area contributed by atoms with E-state index in [9.17, 15) is 9.18 Å². The molecule has 2 rings (SSSR count). The first-order valence-electron chi connectivity index (χ1n) is 6.73. The third-order valence-corrected chi connectivity index (χ3v) is 3.45. The molecule has 5 heteroatoms. The number of carbonyl (C=O) groups is 1. The molecule has 0 aliphatic carbocycles. The Kier molecular flexibility index (Phi) is 4.87. The standard InChI is InChI=1S/C14H20FN3O/c1-17-8-10-18(11-9-17)16-14(19)7-4-12-2-5-13(15)6-3-12/h2-3,5-6H,4,7-11H2,1H3,(H,16,19)/p+1. The van der Waals surface area contributed by atoms with Gasteiger partial charge in [0.1, 0.15) is 5.82 Å². The second-order valence-electron chi connectivity index (χ2n) is 5.11. The summed E-state index contributed by atoms with van der Waals surface area (Å²) in [6.45, 7) is 3.90. The minimum Gasteiger partial charge on any atom is -0.335 e. The number of rotatable bonds is 4. The normalized spacial score (nSPS) is 17.4. The van der Waals surface area contributed by atoms with E-state index in [1.54, 1.807) is 12.1 Å². The van der Waals surface area contributed by atoms with Gasteiger partial charge in [-0.1, -0.05) is 12.1 Å². The highest BCUT2D eigenvalue weighted by Crippen LogP contribution is 2.05. The van der Waals surface area contributed by atoms with Crippen LogP contribution in [-0.4, -0.2) is 44.1 Å². The molecule has 1 aliphatic heterocycles. The number of hydrogen-bond acceptors (Lipinski definition) is 2. The largest absolute Gasteiger partial charge is 0.335 e. The number of benzene rings is 1. The van der Waals surface area contributed by atoms with Crippen molar-refractivity contribution in [2.24, 2.45) is 0 Å². The van der Waals surface area contributed by atoms with Gasteiger partial charge in [0.05, 0.1) is 33.2 Å². The molecular formula is C14H21FN3O+. The quantitative estimate of drug-likeness (QED) is 0.779. The number of amides is 1. The Morgan fingerprint density at radius 1 is 1.32 bits per heavy atom. The van der Waals surface area contributed by atoms with Crippen molar-refractivity contribution < 1.29 is 14.1 Å². The second kappa shape index (κ2) is 6.63. The van der Waals surface area contributed by atoms with Crippen LogP contribution in [0.5, 0.6) is 0 Å². The lowest BCUT2D eigenvalue weighted by molar-refractivity contribution is -0.884. The van der Waals surface area contributed by atoms with E-state index in [-0.39, 0.29) is 11.7 Å². The van der Waals surface area contributed by atoms with Gasteiger partial charge in [-0.25, -0.2) is 9.40 Å². The SMILES string of the molecule is C[NH+]1CCN(NC(=O)CCc2ccc(F)cc2)CC1. The van der Waals surface area contributed by atoms with E-state index in [1.807, 2.05) is 5.01 Å². The van der Waals surface area contributed by atoms with Gasteiger partial charge in [0.25, 0.3) is 0 Å². The second-order valence-corrected chi connectivity index (χ2v) is 5.11. The fourth-order valence-corrected chi connectivity index (χ4v) is 2.14. The Balaban J connectivity index is 1.71. The Hall–Kier alpha value is -1.46. The number of hydrogen-bond donors (Lipinski definition) is 2. The first-order chi connectivity index (χ1) is 9.13. The summed E-state index contributed by atoms with van der Waals surface area (Å²) in [7, 11) is 2.16. The van der Waals surface area contributed by atoms with Gasteiger partial charge in [0.2, 0.25) is 5.91 Å². The van der Waals surface area contributed by atoms with Crippen LogP contribution in [0.2, 0.25) is 0 Å². The Morgan fingerprint density at radius 3 is 2.58 bits per heavy atom. The van der Waals surface area contributed by atoms with Crippen LogP contribution in [0.25, 0.3) is 0 Å². The summed E-state index contributed by atoms with van der Waals surface area (Å²) in [6, 6.07) is 6.30. The maximum Gasteiger partial charge on any atom is 0.234 e. The number of aryl methyl sites for hydroxylation is 1. The van der Waals surface area contributed by atoms with Gasteiger partial charge in [-0.05, 0) is 24.1 Å². The van der Waals surface area contributed by atoms with Gasteiger partial charge >= 0.3 is 0 Å². The van der Waals surface area contributed by atoms with Crippen LogP contribution < -0.4 is 10.3 Å². The zero-order chi connectivity index (χ0) is 13.7. The number of halogens is 1. The summed E-state index contributed by atoms with van der Waals surface area (Å²) < 4.78 is 12.7. The number of nitrogens with zero attached hydrogens (tertiary/aromatic N) is 1. The molecule has 2 N–H and O–H groups in total. The van der Waals surface area contributed by atoms with Crippen LogP contribution in [0, 0.1) is 5.82 Å². The molecule has 0 bridgehead atoms. The third kappa shape index (κ3) is 4.61. The van der Waals surface area contributed by atoms with E-state index in [2.05, 4.69) is 12.5 Å². The zero-order valence-electron chi connectivity index (χ0n) is 11.3. The number of piperazine rings is 1. The molecule has 0 saturated carbocycles. The van der Waals surface area contributed by atoms with Crippen LogP contribution in [0.1, 0.15) is 12.0 Å². The molecule has 1 saturated heterocycles. The molecule has 0 aromatic heterocycles. The number of hydrazine groups is 1. The van der Waals surface area contributed by atoms with Crippen molar-refractivity contribution in [2.45, 2.75) is 12.8 Å². The highest BCUT2D eigenvalue weighted by atomic mass is 19.1. The minimum absolute atomic E-state index is 0.0314. The Labute approximate surface area is 113 Å². The number of quaternary nitrogens is 1. The fourth-order valence-electron chi connectivity index (χ4n) is 2.14. The summed E-state index contributed by atoms with van der Waals surface area (Å²) >= 11 is 0. The first kappa shape index (κ1) is 14.0. The number of carbonyl (C=O) groups excluding carboxylic acids is 1. The molecule has 19 heavy (non-hydrogen) atoms. The smallest absolute Gasteiger partial charge is 0.234 e. The highest BCUT2D eigenvalue weighted by molar-refractivity contribution is 5.75. The van der Waals surface area contributed by atoms with E-state index in [0.29, 0.717) is 12.8 Å². The van der Waals surface area contributed by atoms with E-state index in [0.717, 1.165) is 31.7 Å². The molecule has 0 spiro atoms. The molecular weight excluding hydrogens is 245 g/mol. The van der Waals surface area contributed by atoms with E-state index < -0.39 is 0 Å². The van der Waals surface area contributed by atoms with Crippen LogP contribution in [0.15, 0.2) is 24.3 Å². The van der Waals surface area contributed by atoms with Crippen molar-refractivity contribution in [1.29, 1.82) is 0 Å². The van der Waals surface area contributed by atoms with E-state index in [4.69, 9.17) is 0 Å². The molecule has 4 nitrogen and oxygen atoms in total. The molecule has 104 valence electrons. The lowest BCUT2D eigenvalue weighted by atomic mass is 10.1. The van der Waals surface area contributed by atoms with Crippen molar-refractivity contribution in [1.82, 2.24) is 10.4 Å². The van der Waals surface area contributed by atoms with Crippen LogP contribution in [-0.2, 0) is 11.2 Å². The summed E-state index contributed by atoms with van der Waals surface area (Å²) in [6.07, 6.45) is 1.08. The van der Waals surface area contributed by atoms with Crippen LogP contribution in [0.3, 0.4) is 0 Å². The van der Waals surface area contributed by atoms with Crippen molar-refractivity contribution in [2.75, 3.05) is 33.2 Å². The third-order valence-electron chi connectivity index (χ3n) is 3.45. The number of likely N-dealkylation sites (N-methyl/N-ethyl adjacent to an activating group) is 1. The summed E-state index contributed by atoms with van der Waals surface area (Å²) in [5.41, 5.74) is 3.91. The van der Waals surface area contributed by atoms with E-state index in [1.165, 1.54) is 17.0 Å². The lowest BCUT2D eigenvalue weighted by Crippen LogP contribution is -3.12. The van der Waals surface area contributed by atoms with Gasteiger partial charge in [-0.2, -0.15) is 0 Å². The van der Waals surface area contributed by atoms with Crippen molar-refractivity contribution in [3.63, 3.8) is 0 Å². The summed E-state index contributed by atoms with van der Waals surface area (Å²) in [4.78, 5) is 13.3. The molecule has 1 fully saturated rings. The highest BCUT2D eigenvalue weighted by Gasteiger charge is 2.17. The van der Waals surface area contributed by atoms with Crippen molar-refractivity contribution >= 4 is 5.91 Å². The topological polar surface area (TPSA) is 36.8 Å². The Bertz CT molecular complexity index is 413. The number of nitrogens with one attached hydrogen (secondary N) is 2. The molecule has 0 atom stereocenters. The van der Waals surface area contributed by atoms with Crippen molar-refractivity contribution in [3.8, 4) is 0 Å². The average molecular weight is 266 g/mol. The molecule has 0 unspecified atom stereocenters. The minimum atomic E-state index is -0.242. The van der Waals surface area contributed by atoms with Crippen LogP contribution >= 0.6 is 0 Å². The van der Waals surface area contributed by atoms with Crippen molar-refractivity contribution in [3.05, 3.63) is 35.6 Å². The van der Waals surface area contributed by atoms with Crippen LogP contribution in [0.4, 0.5) is 4.39 Å². The molecule has 1 aliphatic rings. The van der Waals surface area contributed by atoms with Gasteiger partial charge in [0.15, 0.2) is 0 Å². The zero-order valence-corrected chi connectivity index (χ0v) is 11.3. The fraction of sp³-hybridized carbons (Fsp3) is 0.500. The summed E-state index contributed by atoms with van der Waals surface area (Å²) in [5, 5.41) is 1.99. The van der Waals surface area contributed by atoms with Gasteiger partial charge in [-0.15, -0.1) is 0 Å². The van der Waals surface area contributed by atoms with Gasteiger partial charge in [0, 0.05) is 6.42 Å². The maximum atomic E-state index is 12.7. The van der Waals surface area contributed by atoms with E-state index >= 15 is 0 Å². The predicted octanol–water partition coefficient (Wildman–Crippen LogP) is -0.380. The molecule has 1 heterocycles. The molecule has 1 aromatic carbocycles. The van der Waals surface area contributed by atoms with Gasteiger partial charge in [-0.3, -0.25) is 10.2 Å². The Morgan fingerprint density at radius 2 is 1.95 bits per heavy atom.